The van der Waals surface area contributed by atoms with E-state index in [0.29, 0.717) is 12.0 Å². The van der Waals surface area contributed by atoms with E-state index in [1.54, 1.807) is 0 Å². The van der Waals surface area contributed by atoms with Gasteiger partial charge in [0.15, 0.2) is 0 Å². The number of aliphatic hydroxyl groups is 1. The molecule has 1 heterocycles. The second-order valence-electron chi connectivity index (χ2n) is 6.99. The highest BCUT2D eigenvalue weighted by molar-refractivity contribution is 5.69. The average Bonchev–Trinajstić information content (AvgIpc) is 2.81. The van der Waals surface area contributed by atoms with Crippen LogP contribution in [-0.4, -0.2) is 36.0 Å². The predicted molar refractivity (Wildman–Crippen MR) is 87.6 cm³/mol. The third-order valence-electron chi connectivity index (χ3n) is 5.12. The molecule has 130 valence electrons. The molecule has 0 unspecified atom stereocenters. The Labute approximate surface area is 135 Å². The summed E-state index contributed by atoms with van der Waals surface area (Å²) in [6.07, 6.45) is 5.84. The number of methoxy groups -OCH3 is 1. The van der Waals surface area contributed by atoms with Gasteiger partial charge in [-0.25, -0.2) is 0 Å². The van der Waals surface area contributed by atoms with Crippen molar-refractivity contribution < 1.29 is 19.4 Å². The highest BCUT2D eigenvalue weighted by atomic mass is 16.5. The minimum absolute atomic E-state index is 0.0701. The SMILES string of the molecule is CCC[C@@H]1O[C@](C)(C[C@@H](CC)[C@H](O)CC(=O)OC)C[C@H]1CC. The molecule has 22 heavy (non-hydrogen) atoms. The molecule has 0 amide bonds. The van der Waals surface area contributed by atoms with Crippen molar-refractivity contribution in [3.63, 3.8) is 0 Å². The highest BCUT2D eigenvalue weighted by Gasteiger charge is 2.43. The van der Waals surface area contributed by atoms with Crippen LogP contribution in [0, 0.1) is 11.8 Å². The van der Waals surface area contributed by atoms with Gasteiger partial charge in [-0.05, 0) is 38.0 Å². The summed E-state index contributed by atoms with van der Waals surface area (Å²) in [6.45, 7) is 8.65. The molecule has 4 heteroatoms. The third kappa shape index (κ3) is 5.24. The quantitative estimate of drug-likeness (QED) is 0.659. The monoisotopic (exact) mass is 314 g/mol. The maximum absolute atomic E-state index is 11.4. The molecule has 4 nitrogen and oxygen atoms in total. The zero-order chi connectivity index (χ0) is 16.8. The molecular weight excluding hydrogens is 280 g/mol. The number of ether oxygens (including phenoxy) is 2. The van der Waals surface area contributed by atoms with Crippen LogP contribution >= 0.6 is 0 Å². The number of hydrogen-bond acceptors (Lipinski definition) is 4. The summed E-state index contributed by atoms with van der Waals surface area (Å²) in [7, 11) is 1.36. The van der Waals surface area contributed by atoms with Crippen molar-refractivity contribution in [2.75, 3.05) is 7.11 Å². The highest BCUT2D eigenvalue weighted by Crippen LogP contribution is 2.43. The van der Waals surface area contributed by atoms with Gasteiger partial charge in [-0.2, -0.15) is 0 Å². The van der Waals surface area contributed by atoms with Gasteiger partial charge in [-0.3, -0.25) is 4.79 Å². The Kier molecular flexibility index (Phi) is 7.84. The third-order valence-corrected chi connectivity index (χ3v) is 5.12. The standard InChI is InChI=1S/C18H34O4/c1-6-9-16-14(8-3)12-18(4,22-16)11-13(7-2)15(19)10-17(20)21-5/h13-16,19H,6-12H2,1-5H3/t13-,14-,15-,16+,18-/m1/s1. The van der Waals surface area contributed by atoms with Crippen LogP contribution in [0.2, 0.25) is 0 Å². The van der Waals surface area contributed by atoms with Crippen LogP contribution in [0.1, 0.15) is 72.6 Å². The molecular formula is C18H34O4. The maximum atomic E-state index is 11.4. The second-order valence-corrected chi connectivity index (χ2v) is 6.99. The first-order chi connectivity index (χ1) is 10.4. The minimum Gasteiger partial charge on any atom is -0.469 e. The van der Waals surface area contributed by atoms with Crippen LogP contribution in [0.25, 0.3) is 0 Å². The van der Waals surface area contributed by atoms with E-state index in [9.17, 15) is 9.90 Å². The van der Waals surface area contributed by atoms with Crippen LogP contribution in [0.5, 0.6) is 0 Å². The van der Waals surface area contributed by atoms with Gasteiger partial charge in [0.1, 0.15) is 0 Å². The van der Waals surface area contributed by atoms with E-state index in [2.05, 4.69) is 32.4 Å². The lowest BCUT2D eigenvalue weighted by Crippen LogP contribution is -2.34. The number of esters is 1. The van der Waals surface area contributed by atoms with Crippen molar-refractivity contribution in [2.45, 2.75) is 90.4 Å². The fourth-order valence-electron chi connectivity index (χ4n) is 3.84. The first-order valence-electron chi connectivity index (χ1n) is 8.81. The first-order valence-corrected chi connectivity index (χ1v) is 8.81. The van der Waals surface area contributed by atoms with Crippen molar-refractivity contribution >= 4 is 5.97 Å². The fraction of sp³-hybridized carbons (Fsp3) is 0.944. The summed E-state index contributed by atoms with van der Waals surface area (Å²) in [4.78, 5) is 11.4. The molecule has 0 aromatic rings. The molecule has 1 N–H and O–H groups in total. The molecule has 0 spiro atoms. The molecule has 1 aliphatic rings. The van der Waals surface area contributed by atoms with Crippen LogP contribution < -0.4 is 0 Å². The predicted octanol–water partition coefficient (Wildman–Crippen LogP) is 3.70. The Balaban J connectivity index is 2.67. The van der Waals surface area contributed by atoms with E-state index in [-0.39, 0.29) is 23.9 Å². The lowest BCUT2D eigenvalue weighted by atomic mass is 9.81. The molecule has 5 atom stereocenters. The van der Waals surface area contributed by atoms with Gasteiger partial charge in [-0.15, -0.1) is 0 Å². The summed E-state index contributed by atoms with van der Waals surface area (Å²) in [6, 6.07) is 0. The van der Waals surface area contributed by atoms with Crippen LogP contribution in [0.3, 0.4) is 0 Å². The van der Waals surface area contributed by atoms with E-state index in [1.165, 1.54) is 7.11 Å². The van der Waals surface area contributed by atoms with E-state index >= 15 is 0 Å². The number of rotatable bonds is 9. The van der Waals surface area contributed by atoms with Gasteiger partial charge in [0.05, 0.1) is 31.3 Å². The summed E-state index contributed by atoms with van der Waals surface area (Å²) < 4.78 is 11.0. The molecule has 1 rings (SSSR count). The van der Waals surface area contributed by atoms with Crippen molar-refractivity contribution in [2.24, 2.45) is 11.8 Å². The Bertz CT molecular complexity index is 344. The largest absolute Gasteiger partial charge is 0.469 e. The number of aliphatic hydroxyl groups excluding tert-OH is 1. The molecule has 1 aliphatic heterocycles. The second kappa shape index (κ2) is 8.88. The van der Waals surface area contributed by atoms with E-state index < -0.39 is 6.10 Å². The van der Waals surface area contributed by atoms with Crippen LogP contribution in [-0.2, 0) is 14.3 Å². The number of hydrogen-bond donors (Lipinski definition) is 1. The molecule has 1 saturated heterocycles. The fourth-order valence-corrected chi connectivity index (χ4v) is 3.84. The van der Waals surface area contributed by atoms with E-state index in [0.717, 1.165) is 38.5 Å². The minimum atomic E-state index is -0.650. The van der Waals surface area contributed by atoms with Gasteiger partial charge >= 0.3 is 5.97 Å². The Hall–Kier alpha value is -0.610. The number of carbonyl (C=O) groups is 1. The van der Waals surface area contributed by atoms with Gasteiger partial charge in [0.2, 0.25) is 0 Å². The first kappa shape index (κ1) is 19.4. The lowest BCUT2D eigenvalue weighted by Gasteiger charge is -2.31. The van der Waals surface area contributed by atoms with Crippen molar-refractivity contribution in [3.8, 4) is 0 Å². The molecule has 0 bridgehead atoms. The van der Waals surface area contributed by atoms with Crippen LogP contribution in [0.4, 0.5) is 0 Å². The summed E-state index contributed by atoms with van der Waals surface area (Å²) in [5.41, 5.74) is -0.182. The molecule has 0 aliphatic carbocycles. The van der Waals surface area contributed by atoms with Crippen molar-refractivity contribution in [1.82, 2.24) is 0 Å². The average molecular weight is 314 g/mol. The maximum Gasteiger partial charge on any atom is 0.308 e. The van der Waals surface area contributed by atoms with Crippen molar-refractivity contribution in [1.29, 1.82) is 0 Å². The molecule has 0 radical (unpaired) electrons. The molecule has 0 aromatic carbocycles. The lowest BCUT2D eigenvalue weighted by molar-refractivity contribution is -0.144. The summed E-state index contributed by atoms with van der Waals surface area (Å²) in [5, 5.41) is 10.3. The van der Waals surface area contributed by atoms with E-state index in [4.69, 9.17) is 4.74 Å². The van der Waals surface area contributed by atoms with Gasteiger partial charge < -0.3 is 14.6 Å². The zero-order valence-corrected chi connectivity index (χ0v) is 14.9. The smallest absolute Gasteiger partial charge is 0.308 e. The van der Waals surface area contributed by atoms with Gasteiger partial charge in [0.25, 0.3) is 0 Å². The van der Waals surface area contributed by atoms with Crippen molar-refractivity contribution in [3.05, 3.63) is 0 Å². The van der Waals surface area contributed by atoms with E-state index in [1.807, 2.05) is 0 Å². The molecule has 0 aromatic heterocycles. The Morgan fingerprint density at radius 3 is 2.59 bits per heavy atom. The van der Waals surface area contributed by atoms with Gasteiger partial charge in [-0.1, -0.05) is 40.0 Å². The zero-order valence-electron chi connectivity index (χ0n) is 14.9. The summed E-state index contributed by atoms with van der Waals surface area (Å²) >= 11 is 0. The van der Waals surface area contributed by atoms with Crippen LogP contribution in [0.15, 0.2) is 0 Å². The Morgan fingerprint density at radius 1 is 1.41 bits per heavy atom. The van der Waals surface area contributed by atoms with Gasteiger partial charge in [0, 0.05) is 0 Å². The topological polar surface area (TPSA) is 55.8 Å². The Morgan fingerprint density at radius 2 is 2.09 bits per heavy atom. The molecule has 0 saturated carbocycles. The number of carbonyl (C=O) groups excluding carboxylic acids is 1. The summed E-state index contributed by atoms with van der Waals surface area (Å²) in [5.74, 6) is 0.334. The molecule has 1 fully saturated rings. The normalized spacial score (nSPS) is 31.0.